The largest absolute Gasteiger partial charge is 0.489 e. The highest BCUT2D eigenvalue weighted by atomic mass is 35.5. The highest BCUT2D eigenvalue weighted by Crippen LogP contribution is 2.28. The summed E-state index contributed by atoms with van der Waals surface area (Å²) in [7, 11) is 0. The maximum absolute atomic E-state index is 10.6. The van der Waals surface area contributed by atoms with Crippen LogP contribution in [0.2, 0.25) is 10.0 Å². The monoisotopic (exact) mass is 247 g/mol. The summed E-state index contributed by atoms with van der Waals surface area (Å²) in [5.74, 6) is 0.0403. The zero-order valence-corrected chi connectivity index (χ0v) is 9.68. The molecule has 1 rings (SSSR count). The Balaban J connectivity index is 2.71. The van der Waals surface area contributed by atoms with Crippen LogP contribution in [0.15, 0.2) is 18.2 Å². The maximum atomic E-state index is 10.6. The van der Waals surface area contributed by atoms with E-state index in [1.54, 1.807) is 25.1 Å². The second kappa shape index (κ2) is 5.24. The standard InChI is InChI=1S/C10H11Cl2NO2/c1-6(4-10(13)14)15-9-5-7(11)2-3-8(9)12/h2-3,5-6H,4H2,1H3,(H2,13,14). The second-order valence-corrected chi connectivity index (χ2v) is 4.02. The highest BCUT2D eigenvalue weighted by molar-refractivity contribution is 6.34. The Kier molecular flexibility index (Phi) is 4.24. The Morgan fingerprint density at radius 2 is 2.20 bits per heavy atom. The Bertz CT molecular complexity index is 368. The summed E-state index contributed by atoms with van der Waals surface area (Å²) in [5, 5.41) is 0.983. The van der Waals surface area contributed by atoms with Gasteiger partial charge in [-0.25, -0.2) is 0 Å². The number of halogens is 2. The van der Waals surface area contributed by atoms with Gasteiger partial charge in [0.05, 0.1) is 11.4 Å². The van der Waals surface area contributed by atoms with Gasteiger partial charge in [-0.1, -0.05) is 23.2 Å². The topological polar surface area (TPSA) is 52.3 Å². The number of carbonyl (C=O) groups excluding carboxylic acids is 1. The van der Waals surface area contributed by atoms with Crippen LogP contribution in [0.5, 0.6) is 5.75 Å². The fourth-order valence-electron chi connectivity index (χ4n) is 1.11. The number of benzene rings is 1. The van der Waals surface area contributed by atoms with Crippen molar-refractivity contribution in [3.63, 3.8) is 0 Å². The lowest BCUT2D eigenvalue weighted by Gasteiger charge is -2.14. The van der Waals surface area contributed by atoms with Crippen LogP contribution < -0.4 is 10.5 Å². The van der Waals surface area contributed by atoms with Gasteiger partial charge in [0.1, 0.15) is 11.9 Å². The molecule has 0 radical (unpaired) electrons. The van der Waals surface area contributed by atoms with Gasteiger partial charge in [-0.3, -0.25) is 4.79 Å². The van der Waals surface area contributed by atoms with Crippen LogP contribution in [0.3, 0.4) is 0 Å². The fraction of sp³-hybridized carbons (Fsp3) is 0.300. The quantitative estimate of drug-likeness (QED) is 0.890. The molecule has 0 aromatic heterocycles. The van der Waals surface area contributed by atoms with Crippen molar-refractivity contribution in [3.05, 3.63) is 28.2 Å². The van der Waals surface area contributed by atoms with Gasteiger partial charge in [0.15, 0.2) is 0 Å². The molecule has 5 heteroatoms. The van der Waals surface area contributed by atoms with Gasteiger partial charge >= 0.3 is 0 Å². The number of ether oxygens (including phenoxy) is 1. The molecule has 0 saturated heterocycles. The van der Waals surface area contributed by atoms with Gasteiger partial charge in [0.2, 0.25) is 5.91 Å². The molecule has 1 unspecified atom stereocenters. The van der Waals surface area contributed by atoms with Crippen LogP contribution >= 0.6 is 23.2 Å². The van der Waals surface area contributed by atoms with Crippen LogP contribution in [-0.4, -0.2) is 12.0 Å². The van der Waals surface area contributed by atoms with E-state index < -0.39 is 5.91 Å². The van der Waals surface area contributed by atoms with E-state index in [2.05, 4.69) is 0 Å². The van der Waals surface area contributed by atoms with Crippen molar-refractivity contribution in [3.8, 4) is 5.75 Å². The van der Waals surface area contributed by atoms with Crippen LogP contribution in [0.4, 0.5) is 0 Å². The van der Waals surface area contributed by atoms with Crippen LogP contribution in [0.25, 0.3) is 0 Å². The number of amides is 1. The predicted molar refractivity (Wildman–Crippen MR) is 60.4 cm³/mol. The Morgan fingerprint density at radius 1 is 1.53 bits per heavy atom. The Labute approximate surface area is 98.1 Å². The third-order valence-corrected chi connectivity index (χ3v) is 2.26. The summed E-state index contributed by atoms with van der Waals surface area (Å²) in [4.78, 5) is 10.6. The molecular formula is C10H11Cl2NO2. The first-order valence-electron chi connectivity index (χ1n) is 4.39. The Morgan fingerprint density at radius 3 is 2.80 bits per heavy atom. The van der Waals surface area contributed by atoms with Gasteiger partial charge in [-0.15, -0.1) is 0 Å². The number of carbonyl (C=O) groups is 1. The smallest absolute Gasteiger partial charge is 0.221 e. The number of hydrogen-bond acceptors (Lipinski definition) is 2. The first-order chi connectivity index (χ1) is 6.99. The van der Waals surface area contributed by atoms with Crippen LogP contribution in [-0.2, 0) is 4.79 Å². The molecular weight excluding hydrogens is 237 g/mol. The third-order valence-electron chi connectivity index (χ3n) is 1.71. The van der Waals surface area contributed by atoms with Crippen molar-refractivity contribution in [1.29, 1.82) is 0 Å². The minimum atomic E-state index is -0.416. The zero-order chi connectivity index (χ0) is 11.4. The molecule has 0 heterocycles. The van der Waals surface area contributed by atoms with Crippen molar-refractivity contribution in [2.24, 2.45) is 5.73 Å². The molecule has 1 aromatic carbocycles. The number of nitrogens with two attached hydrogens (primary N) is 1. The van der Waals surface area contributed by atoms with Crippen molar-refractivity contribution in [2.75, 3.05) is 0 Å². The lowest BCUT2D eigenvalue weighted by molar-refractivity contribution is -0.119. The van der Waals surface area contributed by atoms with Gasteiger partial charge in [-0.2, -0.15) is 0 Å². The van der Waals surface area contributed by atoms with E-state index in [4.69, 9.17) is 33.7 Å². The van der Waals surface area contributed by atoms with E-state index in [0.29, 0.717) is 15.8 Å². The molecule has 0 spiro atoms. The number of hydrogen-bond donors (Lipinski definition) is 1. The molecule has 0 aliphatic carbocycles. The summed E-state index contributed by atoms with van der Waals surface area (Å²) in [6.07, 6.45) is -0.179. The van der Waals surface area contributed by atoms with E-state index in [9.17, 15) is 4.79 Å². The molecule has 0 saturated carbocycles. The van der Waals surface area contributed by atoms with Gasteiger partial charge < -0.3 is 10.5 Å². The molecule has 0 aliphatic rings. The maximum Gasteiger partial charge on any atom is 0.221 e. The van der Waals surface area contributed by atoms with Crippen molar-refractivity contribution < 1.29 is 9.53 Å². The van der Waals surface area contributed by atoms with E-state index >= 15 is 0 Å². The van der Waals surface area contributed by atoms with E-state index in [1.807, 2.05) is 0 Å². The molecule has 82 valence electrons. The molecule has 1 amide bonds. The molecule has 0 aliphatic heterocycles. The SMILES string of the molecule is CC(CC(N)=O)Oc1cc(Cl)ccc1Cl. The molecule has 3 nitrogen and oxygen atoms in total. The van der Waals surface area contributed by atoms with Gasteiger partial charge in [-0.05, 0) is 19.1 Å². The molecule has 0 fully saturated rings. The minimum absolute atomic E-state index is 0.142. The van der Waals surface area contributed by atoms with Crippen molar-refractivity contribution >= 4 is 29.1 Å². The lowest BCUT2D eigenvalue weighted by Crippen LogP contribution is -2.22. The number of primary amides is 1. The summed E-state index contributed by atoms with van der Waals surface area (Å²) >= 11 is 11.7. The molecule has 0 bridgehead atoms. The first-order valence-corrected chi connectivity index (χ1v) is 5.14. The first kappa shape index (κ1) is 12.1. The van der Waals surface area contributed by atoms with Crippen molar-refractivity contribution in [1.82, 2.24) is 0 Å². The summed E-state index contributed by atoms with van der Waals surface area (Å²) in [6.45, 7) is 1.74. The summed E-state index contributed by atoms with van der Waals surface area (Å²) in [5.41, 5.74) is 5.04. The highest BCUT2D eigenvalue weighted by Gasteiger charge is 2.10. The van der Waals surface area contributed by atoms with Crippen LogP contribution in [0, 0.1) is 0 Å². The lowest BCUT2D eigenvalue weighted by atomic mass is 10.2. The molecule has 15 heavy (non-hydrogen) atoms. The average molecular weight is 248 g/mol. The molecule has 1 atom stereocenters. The second-order valence-electron chi connectivity index (χ2n) is 3.17. The minimum Gasteiger partial charge on any atom is -0.489 e. The summed E-state index contributed by atoms with van der Waals surface area (Å²) < 4.78 is 5.42. The molecule has 2 N–H and O–H groups in total. The van der Waals surface area contributed by atoms with E-state index in [1.165, 1.54) is 0 Å². The van der Waals surface area contributed by atoms with Crippen LogP contribution in [0.1, 0.15) is 13.3 Å². The molecule has 1 aromatic rings. The van der Waals surface area contributed by atoms with Gasteiger partial charge in [0.25, 0.3) is 0 Å². The third kappa shape index (κ3) is 3.98. The normalized spacial score (nSPS) is 12.2. The summed E-state index contributed by atoms with van der Waals surface area (Å²) in [6, 6.07) is 4.90. The Hall–Kier alpha value is -0.930. The van der Waals surface area contributed by atoms with E-state index in [-0.39, 0.29) is 12.5 Å². The number of rotatable bonds is 4. The van der Waals surface area contributed by atoms with Crippen molar-refractivity contribution in [2.45, 2.75) is 19.4 Å². The fourth-order valence-corrected chi connectivity index (χ4v) is 1.43. The predicted octanol–water partition coefficient (Wildman–Crippen LogP) is 2.64. The zero-order valence-electron chi connectivity index (χ0n) is 8.17. The van der Waals surface area contributed by atoms with E-state index in [0.717, 1.165) is 0 Å². The average Bonchev–Trinajstić information content (AvgIpc) is 2.10. The van der Waals surface area contributed by atoms with Gasteiger partial charge in [0, 0.05) is 11.1 Å².